The molecule has 1 saturated heterocycles. The number of benzene rings is 1. The predicted octanol–water partition coefficient (Wildman–Crippen LogP) is 4.61. The van der Waals surface area contributed by atoms with Crippen LogP contribution in [0.15, 0.2) is 42.6 Å². The highest BCUT2D eigenvalue weighted by atomic mass is 35.5. The van der Waals surface area contributed by atoms with Gasteiger partial charge in [0, 0.05) is 13.1 Å². The van der Waals surface area contributed by atoms with E-state index in [4.69, 9.17) is 11.6 Å². The van der Waals surface area contributed by atoms with Gasteiger partial charge in [-0.2, -0.15) is 5.10 Å². The third kappa shape index (κ3) is 4.10. The Hall–Kier alpha value is -2.93. The number of aromatic nitrogens is 3. The highest BCUT2D eigenvalue weighted by molar-refractivity contribution is 6.34. The van der Waals surface area contributed by atoms with Crippen LogP contribution in [0.2, 0.25) is 5.15 Å². The summed E-state index contributed by atoms with van der Waals surface area (Å²) in [7, 11) is 0. The summed E-state index contributed by atoms with van der Waals surface area (Å²) < 4.78 is 14.6. The van der Waals surface area contributed by atoms with Crippen molar-refractivity contribution in [3.8, 4) is 5.69 Å². The first kappa shape index (κ1) is 19.4. The molecular weight excluding hydrogens is 393 g/mol. The van der Waals surface area contributed by atoms with Crippen LogP contribution in [0.1, 0.15) is 35.3 Å². The summed E-state index contributed by atoms with van der Waals surface area (Å²) in [5, 5.41) is 7.26. The van der Waals surface area contributed by atoms with E-state index >= 15 is 0 Å². The molecule has 1 fully saturated rings. The van der Waals surface area contributed by atoms with Gasteiger partial charge in [0.2, 0.25) is 0 Å². The van der Waals surface area contributed by atoms with Crippen LogP contribution in [0.5, 0.6) is 0 Å². The molecule has 4 rings (SSSR count). The lowest BCUT2D eigenvalue weighted by Gasteiger charge is -2.28. The smallest absolute Gasteiger partial charge is 0.261 e. The minimum absolute atomic E-state index is 0.163. The summed E-state index contributed by atoms with van der Waals surface area (Å²) in [5.41, 5.74) is 2.36. The highest BCUT2D eigenvalue weighted by Crippen LogP contribution is 2.25. The molecule has 150 valence electrons. The number of hydrogen-bond donors (Lipinski definition) is 1. The van der Waals surface area contributed by atoms with E-state index in [-0.39, 0.29) is 22.4 Å². The first-order chi connectivity index (χ1) is 14.0. The molecule has 0 spiro atoms. The standard InChI is InChI=1S/C21H21ClFN5O/c1-14-19(20(22)28(26-14)16-7-5-15(23)6-8-16)21(29)25-18-10-9-17(13-24-18)27-11-3-2-4-12-27/h5-10,13H,2-4,11-12H2,1H3,(H,24,25,29). The average Bonchev–Trinajstić information content (AvgIpc) is 3.04. The number of nitrogens with zero attached hydrogens (tertiary/aromatic N) is 4. The Labute approximate surface area is 173 Å². The van der Waals surface area contributed by atoms with Crippen molar-refractivity contribution >= 4 is 29.0 Å². The van der Waals surface area contributed by atoms with E-state index in [0.29, 0.717) is 17.2 Å². The van der Waals surface area contributed by atoms with Crippen LogP contribution in [-0.4, -0.2) is 33.8 Å². The van der Waals surface area contributed by atoms with E-state index < -0.39 is 0 Å². The normalized spacial score (nSPS) is 14.1. The molecule has 0 bridgehead atoms. The number of halogens is 2. The largest absolute Gasteiger partial charge is 0.370 e. The van der Waals surface area contributed by atoms with Crippen molar-refractivity contribution in [2.45, 2.75) is 26.2 Å². The predicted molar refractivity (Wildman–Crippen MR) is 112 cm³/mol. The van der Waals surface area contributed by atoms with Crippen LogP contribution in [0.4, 0.5) is 15.9 Å². The molecular formula is C21H21ClFN5O. The van der Waals surface area contributed by atoms with Gasteiger partial charge in [0.05, 0.1) is 23.3 Å². The summed E-state index contributed by atoms with van der Waals surface area (Å²) in [6.07, 6.45) is 5.42. The molecule has 0 unspecified atom stereocenters. The topological polar surface area (TPSA) is 63.1 Å². The molecule has 0 aliphatic carbocycles. The van der Waals surface area contributed by atoms with Crippen molar-refractivity contribution in [2.24, 2.45) is 0 Å². The van der Waals surface area contributed by atoms with Crippen LogP contribution in [-0.2, 0) is 0 Å². The fourth-order valence-electron chi connectivity index (χ4n) is 3.49. The Bertz CT molecular complexity index is 1010. The molecule has 0 atom stereocenters. The van der Waals surface area contributed by atoms with Gasteiger partial charge >= 0.3 is 0 Å². The zero-order valence-electron chi connectivity index (χ0n) is 16.0. The summed E-state index contributed by atoms with van der Waals surface area (Å²) in [4.78, 5) is 19.5. The van der Waals surface area contributed by atoms with Crippen molar-refractivity contribution in [2.75, 3.05) is 23.3 Å². The molecule has 1 aliphatic rings. The van der Waals surface area contributed by atoms with Crippen LogP contribution in [0.3, 0.4) is 0 Å². The molecule has 2 aromatic heterocycles. The molecule has 8 heteroatoms. The van der Waals surface area contributed by atoms with Gasteiger partial charge in [-0.25, -0.2) is 14.1 Å². The summed E-state index contributed by atoms with van der Waals surface area (Å²) in [6.45, 7) is 3.77. The number of rotatable bonds is 4. The second-order valence-electron chi connectivity index (χ2n) is 7.04. The van der Waals surface area contributed by atoms with Crippen LogP contribution >= 0.6 is 11.6 Å². The number of amides is 1. The third-order valence-electron chi connectivity index (χ3n) is 5.01. The maximum Gasteiger partial charge on any atom is 0.261 e. The Morgan fingerprint density at radius 2 is 1.76 bits per heavy atom. The molecule has 1 amide bonds. The maximum absolute atomic E-state index is 13.2. The fraction of sp³-hybridized carbons (Fsp3) is 0.286. The number of hydrogen-bond acceptors (Lipinski definition) is 4. The first-order valence-corrected chi connectivity index (χ1v) is 9.94. The molecule has 3 heterocycles. The Morgan fingerprint density at radius 3 is 2.41 bits per heavy atom. The van der Waals surface area contributed by atoms with E-state index in [2.05, 4.69) is 20.3 Å². The van der Waals surface area contributed by atoms with E-state index in [1.165, 1.54) is 36.1 Å². The van der Waals surface area contributed by atoms with Crippen LogP contribution < -0.4 is 10.2 Å². The summed E-state index contributed by atoms with van der Waals surface area (Å²) >= 11 is 6.41. The number of aryl methyl sites for hydroxylation is 1. The average molecular weight is 414 g/mol. The van der Waals surface area contributed by atoms with E-state index in [9.17, 15) is 9.18 Å². The number of nitrogens with one attached hydrogen (secondary N) is 1. The SMILES string of the molecule is Cc1nn(-c2ccc(F)cc2)c(Cl)c1C(=O)Nc1ccc(N2CCCCC2)cn1. The van der Waals surface area contributed by atoms with Gasteiger partial charge in [0.1, 0.15) is 22.4 Å². The summed E-state index contributed by atoms with van der Waals surface area (Å²) in [6, 6.07) is 9.48. The minimum Gasteiger partial charge on any atom is -0.370 e. The van der Waals surface area contributed by atoms with Crippen molar-refractivity contribution in [1.82, 2.24) is 14.8 Å². The number of carbonyl (C=O) groups excluding carboxylic acids is 1. The Morgan fingerprint density at radius 1 is 1.07 bits per heavy atom. The van der Waals surface area contributed by atoms with Crippen molar-refractivity contribution in [1.29, 1.82) is 0 Å². The van der Waals surface area contributed by atoms with Gasteiger partial charge in [0.15, 0.2) is 0 Å². The minimum atomic E-state index is -0.390. The van der Waals surface area contributed by atoms with Crippen LogP contribution in [0.25, 0.3) is 5.69 Å². The van der Waals surface area contributed by atoms with Gasteiger partial charge < -0.3 is 10.2 Å². The van der Waals surface area contributed by atoms with Gasteiger partial charge in [-0.15, -0.1) is 0 Å². The molecule has 1 aliphatic heterocycles. The van der Waals surface area contributed by atoms with Crippen molar-refractivity contribution in [3.05, 3.63) is 64.8 Å². The van der Waals surface area contributed by atoms with Crippen molar-refractivity contribution in [3.63, 3.8) is 0 Å². The number of carbonyl (C=O) groups is 1. The first-order valence-electron chi connectivity index (χ1n) is 9.56. The van der Waals surface area contributed by atoms with E-state index in [1.54, 1.807) is 31.3 Å². The van der Waals surface area contributed by atoms with Gasteiger partial charge in [-0.05, 0) is 62.6 Å². The molecule has 0 radical (unpaired) electrons. The Balaban J connectivity index is 1.52. The van der Waals surface area contributed by atoms with Gasteiger partial charge in [0.25, 0.3) is 5.91 Å². The lowest BCUT2D eigenvalue weighted by molar-refractivity contribution is 0.102. The second kappa shape index (κ2) is 8.21. The lowest BCUT2D eigenvalue weighted by Crippen LogP contribution is -2.29. The van der Waals surface area contributed by atoms with Gasteiger partial charge in [-0.3, -0.25) is 4.79 Å². The third-order valence-corrected chi connectivity index (χ3v) is 5.36. The molecule has 1 N–H and O–H groups in total. The second-order valence-corrected chi connectivity index (χ2v) is 7.40. The zero-order valence-corrected chi connectivity index (χ0v) is 16.8. The van der Waals surface area contributed by atoms with Crippen LogP contribution in [0, 0.1) is 12.7 Å². The molecule has 6 nitrogen and oxygen atoms in total. The quantitative estimate of drug-likeness (QED) is 0.678. The van der Waals surface area contributed by atoms with Crippen molar-refractivity contribution < 1.29 is 9.18 Å². The van der Waals surface area contributed by atoms with Gasteiger partial charge in [-0.1, -0.05) is 11.6 Å². The lowest BCUT2D eigenvalue weighted by atomic mass is 10.1. The maximum atomic E-state index is 13.2. The fourth-order valence-corrected chi connectivity index (χ4v) is 3.85. The zero-order chi connectivity index (χ0) is 20.4. The monoisotopic (exact) mass is 413 g/mol. The molecule has 3 aromatic rings. The number of piperidine rings is 1. The van der Waals surface area contributed by atoms with E-state index in [0.717, 1.165) is 18.8 Å². The highest BCUT2D eigenvalue weighted by Gasteiger charge is 2.22. The number of pyridine rings is 1. The molecule has 0 saturated carbocycles. The number of anilines is 2. The Kier molecular flexibility index (Phi) is 5.49. The molecule has 29 heavy (non-hydrogen) atoms. The summed E-state index contributed by atoms with van der Waals surface area (Å²) in [5.74, 6) is -0.300. The van der Waals surface area contributed by atoms with E-state index in [1.807, 2.05) is 6.07 Å². The molecule has 1 aromatic carbocycles.